The van der Waals surface area contributed by atoms with Crippen molar-refractivity contribution >= 4 is 10.9 Å². The lowest BCUT2D eigenvalue weighted by Gasteiger charge is -2.13. The van der Waals surface area contributed by atoms with E-state index in [-0.39, 0.29) is 0 Å². The molecule has 0 atom stereocenters. The summed E-state index contributed by atoms with van der Waals surface area (Å²) in [6.07, 6.45) is 4.32. The molecule has 0 bridgehead atoms. The summed E-state index contributed by atoms with van der Waals surface area (Å²) in [7, 11) is 0. The maximum Gasteiger partial charge on any atom is 0.120 e. The van der Waals surface area contributed by atoms with Crippen LogP contribution in [0, 0.1) is 5.92 Å². The molecule has 0 saturated heterocycles. The molecule has 1 heterocycles. The van der Waals surface area contributed by atoms with Crippen LogP contribution in [0.3, 0.4) is 0 Å². The SMILES string of the molecule is CCC(CC)COc1ccc2[nH]ccc2c1. The number of nitrogens with one attached hydrogen (secondary N) is 1. The first-order chi connectivity index (χ1) is 7.83. The minimum absolute atomic E-state index is 0.668. The van der Waals surface area contributed by atoms with E-state index in [4.69, 9.17) is 4.74 Å². The molecule has 16 heavy (non-hydrogen) atoms. The second-order valence-electron chi connectivity index (χ2n) is 4.22. The highest BCUT2D eigenvalue weighted by molar-refractivity contribution is 5.80. The molecule has 0 aliphatic carbocycles. The average molecular weight is 217 g/mol. The van der Waals surface area contributed by atoms with Crippen LogP contribution in [0.1, 0.15) is 26.7 Å². The van der Waals surface area contributed by atoms with Crippen molar-refractivity contribution in [3.05, 3.63) is 30.5 Å². The summed E-state index contributed by atoms with van der Waals surface area (Å²) in [5.41, 5.74) is 1.16. The van der Waals surface area contributed by atoms with Crippen molar-refractivity contribution in [1.82, 2.24) is 4.98 Å². The monoisotopic (exact) mass is 217 g/mol. The van der Waals surface area contributed by atoms with Gasteiger partial charge >= 0.3 is 0 Å². The first kappa shape index (κ1) is 11.1. The van der Waals surface area contributed by atoms with Gasteiger partial charge in [0.15, 0.2) is 0 Å². The molecule has 1 aromatic heterocycles. The molecule has 2 rings (SSSR count). The maximum absolute atomic E-state index is 5.81. The van der Waals surface area contributed by atoms with Crippen molar-refractivity contribution in [2.75, 3.05) is 6.61 Å². The first-order valence-corrected chi connectivity index (χ1v) is 6.03. The van der Waals surface area contributed by atoms with E-state index in [0.29, 0.717) is 5.92 Å². The topological polar surface area (TPSA) is 25.0 Å². The number of ether oxygens (including phenoxy) is 1. The predicted molar refractivity (Wildman–Crippen MR) is 67.9 cm³/mol. The highest BCUT2D eigenvalue weighted by atomic mass is 16.5. The molecule has 0 unspecified atom stereocenters. The zero-order valence-electron chi connectivity index (χ0n) is 9.99. The van der Waals surface area contributed by atoms with Gasteiger partial charge in [0.1, 0.15) is 5.75 Å². The van der Waals surface area contributed by atoms with Gasteiger partial charge in [0.2, 0.25) is 0 Å². The number of hydrogen-bond acceptors (Lipinski definition) is 1. The summed E-state index contributed by atoms with van der Waals surface area (Å²) in [5.74, 6) is 1.64. The summed E-state index contributed by atoms with van der Waals surface area (Å²) in [4.78, 5) is 3.18. The molecule has 0 aliphatic rings. The Morgan fingerprint density at radius 1 is 1.19 bits per heavy atom. The van der Waals surface area contributed by atoms with E-state index in [1.54, 1.807) is 0 Å². The van der Waals surface area contributed by atoms with Crippen molar-refractivity contribution < 1.29 is 4.74 Å². The standard InChI is InChI=1S/C14H19NO/c1-3-11(4-2)10-16-13-5-6-14-12(9-13)7-8-15-14/h5-9,11,15H,3-4,10H2,1-2H3. The molecule has 0 saturated carbocycles. The summed E-state index contributed by atoms with van der Waals surface area (Å²) in [6, 6.07) is 8.26. The van der Waals surface area contributed by atoms with Gasteiger partial charge in [-0.3, -0.25) is 0 Å². The second kappa shape index (κ2) is 5.06. The van der Waals surface area contributed by atoms with Gasteiger partial charge in [0, 0.05) is 17.1 Å². The van der Waals surface area contributed by atoms with Crippen LogP contribution in [0.15, 0.2) is 30.5 Å². The number of benzene rings is 1. The van der Waals surface area contributed by atoms with Crippen LogP contribution in [-0.4, -0.2) is 11.6 Å². The van der Waals surface area contributed by atoms with Crippen molar-refractivity contribution in [2.45, 2.75) is 26.7 Å². The predicted octanol–water partition coefficient (Wildman–Crippen LogP) is 3.98. The highest BCUT2D eigenvalue weighted by Crippen LogP contribution is 2.20. The largest absolute Gasteiger partial charge is 0.493 e. The summed E-state index contributed by atoms with van der Waals surface area (Å²) in [5, 5.41) is 1.21. The van der Waals surface area contributed by atoms with Crippen LogP contribution in [0.5, 0.6) is 5.75 Å². The van der Waals surface area contributed by atoms with Crippen LogP contribution >= 0.6 is 0 Å². The molecule has 2 heteroatoms. The van der Waals surface area contributed by atoms with Gasteiger partial charge in [-0.25, -0.2) is 0 Å². The Hall–Kier alpha value is -1.44. The van der Waals surface area contributed by atoms with E-state index < -0.39 is 0 Å². The molecule has 2 nitrogen and oxygen atoms in total. The van der Waals surface area contributed by atoms with Gasteiger partial charge in [0.25, 0.3) is 0 Å². The number of hydrogen-bond donors (Lipinski definition) is 1. The number of aromatic amines is 1. The molecular formula is C14H19NO. The number of rotatable bonds is 5. The fourth-order valence-electron chi connectivity index (χ4n) is 1.86. The first-order valence-electron chi connectivity index (χ1n) is 6.03. The van der Waals surface area contributed by atoms with E-state index in [0.717, 1.165) is 17.9 Å². The molecule has 86 valence electrons. The van der Waals surface area contributed by atoms with Crippen LogP contribution in [0.2, 0.25) is 0 Å². The molecule has 1 aromatic carbocycles. The summed E-state index contributed by atoms with van der Waals surface area (Å²) >= 11 is 0. The Kier molecular flexibility index (Phi) is 3.50. The van der Waals surface area contributed by atoms with E-state index in [1.807, 2.05) is 12.3 Å². The van der Waals surface area contributed by atoms with Crippen LogP contribution in [0.4, 0.5) is 0 Å². The third-order valence-corrected chi connectivity index (χ3v) is 3.17. The Morgan fingerprint density at radius 2 is 2.00 bits per heavy atom. The smallest absolute Gasteiger partial charge is 0.120 e. The fourth-order valence-corrected chi connectivity index (χ4v) is 1.86. The maximum atomic E-state index is 5.81. The summed E-state index contributed by atoms with van der Waals surface area (Å²) in [6.45, 7) is 5.25. The van der Waals surface area contributed by atoms with E-state index in [1.165, 1.54) is 18.2 Å². The molecule has 2 aromatic rings. The van der Waals surface area contributed by atoms with Crippen molar-refractivity contribution in [2.24, 2.45) is 5.92 Å². The second-order valence-corrected chi connectivity index (χ2v) is 4.22. The van der Waals surface area contributed by atoms with Gasteiger partial charge in [0.05, 0.1) is 6.61 Å². The Balaban J connectivity index is 2.03. The Morgan fingerprint density at radius 3 is 2.75 bits per heavy atom. The Bertz CT molecular complexity index is 443. The van der Waals surface area contributed by atoms with Crippen LogP contribution in [-0.2, 0) is 0 Å². The molecule has 0 amide bonds. The Labute approximate surface area is 96.6 Å². The van der Waals surface area contributed by atoms with Gasteiger partial charge in [-0.15, -0.1) is 0 Å². The molecule has 1 N–H and O–H groups in total. The van der Waals surface area contributed by atoms with Gasteiger partial charge in [-0.1, -0.05) is 26.7 Å². The molecule has 0 spiro atoms. The van der Waals surface area contributed by atoms with Crippen LogP contribution < -0.4 is 4.74 Å². The lowest BCUT2D eigenvalue weighted by atomic mass is 10.1. The number of fused-ring (bicyclic) bond motifs is 1. The average Bonchev–Trinajstić information content (AvgIpc) is 2.77. The van der Waals surface area contributed by atoms with Crippen molar-refractivity contribution in [3.63, 3.8) is 0 Å². The van der Waals surface area contributed by atoms with Crippen LogP contribution in [0.25, 0.3) is 10.9 Å². The molecule has 0 aliphatic heterocycles. The van der Waals surface area contributed by atoms with Gasteiger partial charge in [-0.2, -0.15) is 0 Å². The van der Waals surface area contributed by atoms with E-state index >= 15 is 0 Å². The fraction of sp³-hybridized carbons (Fsp3) is 0.429. The van der Waals surface area contributed by atoms with E-state index in [9.17, 15) is 0 Å². The summed E-state index contributed by atoms with van der Waals surface area (Å²) < 4.78 is 5.81. The highest BCUT2D eigenvalue weighted by Gasteiger charge is 2.04. The lowest BCUT2D eigenvalue weighted by Crippen LogP contribution is -2.09. The third-order valence-electron chi connectivity index (χ3n) is 3.17. The zero-order chi connectivity index (χ0) is 11.4. The minimum atomic E-state index is 0.668. The quantitative estimate of drug-likeness (QED) is 0.805. The lowest BCUT2D eigenvalue weighted by molar-refractivity contribution is 0.241. The third kappa shape index (κ3) is 2.38. The minimum Gasteiger partial charge on any atom is -0.493 e. The number of H-pyrrole nitrogens is 1. The van der Waals surface area contributed by atoms with Crippen molar-refractivity contribution in [3.8, 4) is 5.75 Å². The molecule has 0 radical (unpaired) electrons. The number of aromatic nitrogens is 1. The zero-order valence-corrected chi connectivity index (χ0v) is 9.99. The van der Waals surface area contributed by atoms with E-state index in [2.05, 4.69) is 37.0 Å². The normalized spacial score (nSPS) is 11.2. The van der Waals surface area contributed by atoms with Crippen molar-refractivity contribution in [1.29, 1.82) is 0 Å². The van der Waals surface area contributed by atoms with Gasteiger partial charge in [-0.05, 0) is 30.2 Å². The molecular weight excluding hydrogens is 198 g/mol. The van der Waals surface area contributed by atoms with Gasteiger partial charge < -0.3 is 9.72 Å². The molecule has 0 fully saturated rings.